The second-order valence-corrected chi connectivity index (χ2v) is 4.32. The lowest BCUT2D eigenvalue weighted by Gasteiger charge is -2.16. The Bertz CT molecular complexity index is 604. The standard InChI is InChI=1S/C12H14N4O3/c1-2-18-12(17)9-8-10(16-5-3-4-6-16)13-7-14-11(8)19-15-9/h7H,2-6H2,1H3. The second kappa shape index (κ2) is 4.83. The van der Waals surface area contributed by atoms with Gasteiger partial charge in [0.1, 0.15) is 17.5 Å². The highest BCUT2D eigenvalue weighted by Crippen LogP contribution is 2.28. The van der Waals surface area contributed by atoms with E-state index in [1.165, 1.54) is 6.33 Å². The Labute approximate surface area is 109 Å². The zero-order valence-electron chi connectivity index (χ0n) is 10.6. The minimum atomic E-state index is -0.503. The zero-order chi connectivity index (χ0) is 13.2. The van der Waals surface area contributed by atoms with Crippen molar-refractivity contribution in [2.45, 2.75) is 19.8 Å². The summed E-state index contributed by atoms with van der Waals surface area (Å²) in [6, 6.07) is 0. The molecule has 2 aromatic heterocycles. The Morgan fingerprint density at radius 3 is 2.95 bits per heavy atom. The quantitative estimate of drug-likeness (QED) is 0.773. The van der Waals surface area contributed by atoms with Crippen molar-refractivity contribution in [2.24, 2.45) is 0 Å². The molecule has 1 saturated heterocycles. The maximum absolute atomic E-state index is 11.9. The molecule has 0 aromatic carbocycles. The van der Waals surface area contributed by atoms with Gasteiger partial charge in [-0.15, -0.1) is 0 Å². The molecule has 100 valence electrons. The average molecular weight is 262 g/mol. The Morgan fingerprint density at radius 1 is 1.42 bits per heavy atom. The third-order valence-corrected chi connectivity index (χ3v) is 3.13. The largest absolute Gasteiger partial charge is 0.461 e. The van der Waals surface area contributed by atoms with E-state index >= 15 is 0 Å². The minimum absolute atomic E-state index is 0.152. The van der Waals surface area contributed by atoms with E-state index in [1.54, 1.807) is 6.92 Å². The van der Waals surface area contributed by atoms with Crippen molar-refractivity contribution in [3.05, 3.63) is 12.0 Å². The third kappa shape index (κ3) is 2.00. The van der Waals surface area contributed by atoms with E-state index in [0.29, 0.717) is 23.5 Å². The number of carbonyl (C=O) groups is 1. The van der Waals surface area contributed by atoms with E-state index in [9.17, 15) is 4.79 Å². The number of rotatable bonds is 3. The Kier molecular flexibility index (Phi) is 3.02. The number of ether oxygens (including phenoxy) is 1. The molecule has 0 atom stereocenters. The number of carbonyl (C=O) groups excluding carboxylic acids is 1. The van der Waals surface area contributed by atoms with Crippen LogP contribution in [0.25, 0.3) is 11.1 Å². The van der Waals surface area contributed by atoms with Crippen molar-refractivity contribution in [3.63, 3.8) is 0 Å². The lowest BCUT2D eigenvalue weighted by molar-refractivity contribution is 0.0517. The van der Waals surface area contributed by atoms with Crippen LogP contribution in [0.1, 0.15) is 30.3 Å². The van der Waals surface area contributed by atoms with Crippen molar-refractivity contribution in [1.82, 2.24) is 15.1 Å². The first-order chi connectivity index (χ1) is 9.31. The van der Waals surface area contributed by atoms with Crippen LogP contribution in [0.5, 0.6) is 0 Å². The van der Waals surface area contributed by atoms with Gasteiger partial charge in [0, 0.05) is 13.1 Å². The first-order valence-corrected chi connectivity index (χ1v) is 6.33. The van der Waals surface area contributed by atoms with E-state index < -0.39 is 5.97 Å². The lowest BCUT2D eigenvalue weighted by Crippen LogP contribution is -2.20. The molecular weight excluding hydrogens is 248 g/mol. The molecule has 1 aliphatic rings. The number of esters is 1. The van der Waals surface area contributed by atoms with Gasteiger partial charge in [0.15, 0.2) is 0 Å². The summed E-state index contributed by atoms with van der Waals surface area (Å²) in [5.41, 5.74) is 0.472. The van der Waals surface area contributed by atoms with E-state index in [1.807, 2.05) is 0 Å². The van der Waals surface area contributed by atoms with Gasteiger partial charge in [0.25, 0.3) is 5.71 Å². The molecule has 0 bridgehead atoms. The van der Waals surface area contributed by atoms with Gasteiger partial charge in [-0.1, -0.05) is 5.16 Å². The monoisotopic (exact) mass is 262 g/mol. The van der Waals surface area contributed by atoms with Crippen LogP contribution in [0.4, 0.5) is 5.82 Å². The van der Waals surface area contributed by atoms with Crippen LogP contribution in [-0.2, 0) is 4.74 Å². The number of fused-ring (bicyclic) bond motifs is 1. The number of hydrogen-bond acceptors (Lipinski definition) is 7. The molecular formula is C12H14N4O3. The van der Waals surface area contributed by atoms with E-state index in [-0.39, 0.29) is 5.69 Å². The van der Waals surface area contributed by atoms with Crippen molar-refractivity contribution >= 4 is 22.9 Å². The van der Waals surface area contributed by atoms with Gasteiger partial charge in [-0.25, -0.2) is 9.78 Å². The molecule has 0 radical (unpaired) electrons. The van der Waals surface area contributed by atoms with Crippen molar-refractivity contribution in [1.29, 1.82) is 0 Å². The predicted molar refractivity (Wildman–Crippen MR) is 67.0 cm³/mol. The normalized spacial score (nSPS) is 15.1. The molecule has 0 amide bonds. The Morgan fingerprint density at radius 2 is 2.21 bits per heavy atom. The van der Waals surface area contributed by atoms with Gasteiger partial charge in [-0.3, -0.25) is 0 Å². The molecule has 2 aromatic rings. The van der Waals surface area contributed by atoms with Crippen LogP contribution in [0.3, 0.4) is 0 Å². The second-order valence-electron chi connectivity index (χ2n) is 4.32. The fourth-order valence-corrected chi connectivity index (χ4v) is 2.28. The summed E-state index contributed by atoms with van der Waals surface area (Å²) in [6.07, 6.45) is 3.66. The van der Waals surface area contributed by atoms with Gasteiger partial charge >= 0.3 is 5.97 Å². The van der Waals surface area contributed by atoms with Gasteiger partial charge in [-0.05, 0) is 19.8 Å². The molecule has 3 rings (SSSR count). The molecule has 0 aliphatic carbocycles. The molecule has 7 nitrogen and oxygen atoms in total. The summed E-state index contributed by atoms with van der Waals surface area (Å²) in [5.74, 6) is 0.198. The third-order valence-electron chi connectivity index (χ3n) is 3.13. The summed E-state index contributed by atoms with van der Waals surface area (Å²) in [5, 5.41) is 4.31. The van der Waals surface area contributed by atoms with Gasteiger partial charge in [0.2, 0.25) is 5.69 Å². The van der Waals surface area contributed by atoms with Gasteiger partial charge in [0.05, 0.1) is 6.61 Å². The highest BCUT2D eigenvalue weighted by molar-refractivity contribution is 6.04. The summed E-state index contributed by atoms with van der Waals surface area (Å²) in [6.45, 7) is 3.87. The minimum Gasteiger partial charge on any atom is -0.461 e. The smallest absolute Gasteiger partial charge is 0.361 e. The topological polar surface area (TPSA) is 81.3 Å². The van der Waals surface area contributed by atoms with Crippen LogP contribution in [0, 0.1) is 0 Å². The first-order valence-electron chi connectivity index (χ1n) is 6.33. The van der Waals surface area contributed by atoms with Crippen molar-refractivity contribution in [2.75, 3.05) is 24.6 Å². The molecule has 1 aliphatic heterocycles. The van der Waals surface area contributed by atoms with E-state index in [0.717, 1.165) is 25.9 Å². The summed E-state index contributed by atoms with van der Waals surface area (Å²) in [4.78, 5) is 22.3. The van der Waals surface area contributed by atoms with Crippen molar-refractivity contribution < 1.29 is 14.1 Å². The highest BCUT2D eigenvalue weighted by Gasteiger charge is 2.25. The summed E-state index contributed by atoms with van der Waals surface area (Å²) >= 11 is 0. The van der Waals surface area contributed by atoms with Crippen LogP contribution < -0.4 is 4.90 Å². The number of nitrogens with zero attached hydrogens (tertiary/aromatic N) is 4. The van der Waals surface area contributed by atoms with Gasteiger partial charge < -0.3 is 14.2 Å². The lowest BCUT2D eigenvalue weighted by atomic mass is 10.2. The summed E-state index contributed by atoms with van der Waals surface area (Å²) in [7, 11) is 0. The van der Waals surface area contributed by atoms with Crippen molar-refractivity contribution in [3.8, 4) is 0 Å². The molecule has 3 heterocycles. The molecule has 1 fully saturated rings. The summed E-state index contributed by atoms with van der Waals surface area (Å²) < 4.78 is 10.1. The molecule has 0 saturated carbocycles. The average Bonchev–Trinajstić information content (AvgIpc) is 3.08. The van der Waals surface area contributed by atoms with Crippen LogP contribution >= 0.6 is 0 Å². The molecule has 0 spiro atoms. The molecule has 19 heavy (non-hydrogen) atoms. The highest BCUT2D eigenvalue weighted by atomic mass is 16.5. The fraction of sp³-hybridized carbons (Fsp3) is 0.500. The number of hydrogen-bond donors (Lipinski definition) is 0. The maximum Gasteiger partial charge on any atom is 0.361 e. The maximum atomic E-state index is 11.9. The van der Waals surface area contributed by atoms with Gasteiger partial charge in [-0.2, -0.15) is 4.98 Å². The number of anilines is 1. The van der Waals surface area contributed by atoms with E-state index in [2.05, 4.69) is 20.0 Å². The molecule has 0 unspecified atom stereocenters. The molecule has 0 N–H and O–H groups in total. The number of aromatic nitrogens is 3. The Balaban J connectivity index is 2.10. The predicted octanol–water partition coefficient (Wildman–Crippen LogP) is 1.39. The SMILES string of the molecule is CCOC(=O)c1noc2ncnc(N3CCCC3)c12. The van der Waals surface area contributed by atoms with Crippen LogP contribution in [0.2, 0.25) is 0 Å². The molecule has 7 heteroatoms. The zero-order valence-corrected chi connectivity index (χ0v) is 10.6. The first kappa shape index (κ1) is 11.9. The fourth-order valence-electron chi connectivity index (χ4n) is 2.28. The van der Waals surface area contributed by atoms with Crippen LogP contribution in [0.15, 0.2) is 10.9 Å². The Hall–Kier alpha value is -2.18. The van der Waals surface area contributed by atoms with E-state index in [4.69, 9.17) is 9.26 Å². The van der Waals surface area contributed by atoms with Crippen LogP contribution in [-0.4, -0.2) is 40.8 Å².